The van der Waals surface area contributed by atoms with Gasteiger partial charge in [0.1, 0.15) is 12.1 Å². The third kappa shape index (κ3) is 8.40. The van der Waals surface area contributed by atoms with E-state index in [1.165, 1.54) is 4.90 Å². The predicted octanol–water partition coefficient (Wildman–Crippen LogP) is -1.91. The van der Waals surface area contributed by atoms with Crippen molar-refractivity contribution in [2.75, 3.05) is 19.6 Å². The number of nitrogens with zero attached hydrogens (tertiary/aromatic N) is 2. The van der Waals surface area contributed by atoms with E-state index in [-0.39, 0.29) is 31.4 Å². The van der Waals surface area contributed by atoms with Crippen LogP contribution in [0.4, 0.5) is 0 Å². The van der Waals surface area contributed by atoms with Crippen molar-refractivity contribution < 1.29 is 24.3 Å². The maximum absolute atomic E-state index is 12.7. The Hall–Kier alpha value is -2.89. The zero-order valence-corrected chi connectivity index (χ0v) is 18.2. The minimum absolute atomic E-state index is 0.0740. The van der Waals surface area contributed by atoms with Crippen molar-refractivity contribution in [2.24, 2.45) is 28.1 Å². The highest BCUT2D eigenvalue weighted by molar-refractivity contribution is 5.92. The van der Waals surface area contributed by atoms with Crippen molar-refractivity contribution >= 4 is 29.7 Å². The lowest BCUT2D eigenvalue weighted by Gasteiger charge is -2.24. The van der Waals surface area contributed by atoms with Crippen molar-refractivity contribution in [3.8, 4) is 0 Å². The number of aliphatic imine (C=N–C) groups is 1. The number of carboxylic acid groups (broad SMARTS) is 1. The molecule has 1 aliphatic rings. The number of likely N-dealkylation sites (tertiary alicyclic amines) is 1. The van der Waals surface area contributed by atoms with Crippen LogP contribution in [0.15, 0.2) is 4.99 Å². The van der Waals surface area contributed by atoms with Crippen molar-refractivity contribution in [3.63, 3.8) is 0 Å². The van der Waals surface area contributed by atoms with E-state index >= 15 is 0 Å². The Morgan fingerprint density at radius 1 is 1.23 bits per heavy atom. The topological polar surface area (TPSA) is 206 Å². The summed E-state index contributed by atoms with van der Waals surface area (Å²) >= 11 is 0. The van der Waals surface area contributed by atoms with E-state index in [4.69, 9.17) is 17.2 Å². The standard InChI is InChI=1S/C19H35N7O5/c1-3-11(2)15(20)17(29)25-12(6-4-8-23-19(21)22)16(28)24-10-14(27)26-9-5-7-13(26)18(30)31/h11-13,15H,3-10,20H2,1-2H3,(H,24,28)(H,25,29)(H,30,31)(H4,21,22,23). The van der Waals surface area contributed by atoms with Crippen LogP contribution in [0.25, 0.3) is 0 Å². The molecule has 0 aliphatic carbocycles. The van der Waals surface area contributed by atoms with Crippen LogP contribution in [0.3, 0.4) is 0 Å². The van der Waals surface area contributed by atoms with Crippen molar-refractivity contribution in [2.45, 2.75) is 64.1 Å². The van der Waals surface area contributed by atoms with Crippen molar-refractivity contribution in [1.82, 2.24) is 15.5 Å². The van der Waals surface area contributed by atoms with Crippen LogP contribution in [0, 0.1) is 5.92 Å². The van der Waals surface area contributed by atoms with Gasteiger partial charge in [-0.3, -0.25) is 19.4 Å². The van der Waals surface area contributed by atoms with Gasteiger partial charge in [0.25, 0.3) is 0 Å². The second-order valence-electron chi connectivity index (χ2n) is 7.72. The Balaban J connectivity index is 2.72. The highest BCUT2D eigenvalue weighted by Crippen LogP contribution is 2.17. The molecule has 4 atom stereocenters. The molecule has 176 valence electrons. The van der Waals surface area contributed by atoms with E-state index in [1.807, 2.05) is 13.8 Å². The smallest absolute Gasteiger partial charge is 0.326 e. The highest BCUT2D eigenvalue weighted by atomic mass is 16.4. The van der Waals surface area contributed by atoms with Crippen LogP contribution in [-0.4, -0.2) is 77.4 Å². The molecule has 31 heavy (non-hydrogen) atoms. The number of carboxylic acids is 1. The third-order valence-electron chi connectivity index (χ3n) is 5.41. The summed E-state index contributed by atoms with van der Waals surface area (Å²) in [6.45, 7) is 3.98. The molecule has 12 heteroatoms. The SMILES string of the molecule is CCC(C)C(N)C(=O)NC(CCCN=C(N)N)C(=O)NCC(=O)N1CCCC1C(=O)O. The molecule has 0 radical (unpaired) electrons. The lowest BCUT2D eigenvalue weighted by molar-refractivity contribution is -0.148. The van der Waals surface area contributed by atoms with E-state index in [1.54, 1.807) is 0 Å². The van der Waals surface area contributed by atoms with Crippen LogP contribution in [0.1, 0.15) is 46.0 Å². The summed E-state index contributed by atoms with van der Waals surface area (Å²) in [6, 6.07) is -2.59. The molecule has 0 aromatic heterocycles. The fourth-order valence-electron chi connectivity index (χ4n) is 3.26. The first-order valence-electron chi connectivity index (χ1n) is 10.5. The van der Waals surface area contributed by atoms with Gasteiger partial charge in [0.05, 0.1) is 12.6 Å². The molecule has 0 spiro atoms. The zero-order chi connectivity index (χ0) is 23.6. The lowest BCUT2D eigenvalue weighted by Crippen LogP contribution is -2.54. The van der Waals surface area contributed by atoms with Gasteiger partial charge in [-0.1, -0.05) is 20.3 Å². The summed E-state index contributed by atoms with van der Waals surface area (Å²) < 4.78 is 0. The molecule has 4 unspecified atom stereocenters. The summed E-state index contributed by atoms with van der Waals surface area (Å²) in [6.07, 6.45) is 2.32. The molecular weight excluding hydrogens is 406 g/mol. The fourth-order valence-corrected chi connectivity index (χ4v) is 3.26. The third-order valence-corrected chi connectivity index (χ3v) is 5.41. The molecule has 1 saturated heterocycles. The first-order valence-corrected chi connectivity index (χ1v) is 10.5. The Morgan fingerprint density at radius 3 is 2.48 bits per heavy atom. The van der Waals surface area contributed by atoms with Gasteiger partial charge in [-0.25, -0.2) is 4.79 Å². The van der Waals surface area contributed by atoms with Gasteiger partial charge in [0, 0.05) is 13.1 Å². The number of hydrogen-bond acceptors (Lipinski definition) is 6. The predicted molar refractivity (Wildman–Crippen MR) is 115 cm³/mol. The fraction of sp³-hybridized carbons (Fsp3) is 0.737. The van der Waals surface area contributed by atoms with Crippen LogP contribution >= 0.6 is 0 Å². The van der Waals surface area contributed by atoms with Gasteiger partial charge >= 0.3 is 5.97 Å². The second-order valence-corrected chi connectivity index (χ2v) is 7.72. The van der Waals surface area contributed by atoms with Gasteiger partial charge in [0.15, 0.2) is 5.96 Å². The molecule has 12 nitrogen and oxygen atoms in total. The van der Waals surface area contributed by atoms with Crippen LogP contribution in [0.2, 0.25) is 0 Å². The van der Waals surface area contributed by atoms with E-state index in [0.717, 1.165) is 0 Å². The number of guanidine groups is 1. The number of nitrogens with one attached hydrogen (secondary N) is 2. The lowest BCUT2D eigenvalue weighted by atomic mass is 9.98. The quantitative estimate of drug-likeness (QED) is 0.114. The number of aliphatic carboxylic acids is 1. The van der Waals surface area contributed by atoms with Gasteiger partial charge in [-0.05, 0) is 31.6 Å². The minimum Gasteiger partial charge on any atom is -0.480 e. The van der Waals surface area contributed by atoms with Gasteiger partial charge in [0.2, 0.25) is 17.7 Å². The molecule has 0 saturated carbocycles. The zero-order valence-electron chi connectivity index (χ0n) is 18.2. The summed E-state index contributed by atoms with van der Waals surface area (Å²) in [5.74, 6) is -2.73. The average Bonchev–Trinajstić information content (AvgIpc) is 3.22. The number of amides is 3. The van der Waals surface area contributed by atoms with Gasteiger partial charge in [-0.15, -0.1) is 0 Å². The molecule has 0 bridgehead atoms. The van der Waals surface area contributed by atoms with E-state index in [9.17, 15) is 24.3 Å². The summed E-state index contributed by atoms with van der Waals surface area (Å²) in [5, 5.41) is 14.3. The van der Waals surface area contributed by atoms with Crippen LogP contribution in [0.5, 0.6) is 0 Å². The molecular formula is C19H35N7O5. The second kappa shape index (κ2) is 12.7. The Labute approximate surface area is 182 Å². The van der Waals surface area contributed by atoms with E-state index in [2.05, 4.69) is 15.6 Å². The first-order chi connectivity index (χ1) is 14.6. The molecule has 9 N–H and O–H groups in total. The number of carbonyl (C=O) groups is 4. The Bertz CT molecular complexity index is 681. The van der Waals surface area contributed by atoms with Gasteiger partial charge in [-0.2, -0.15) is 0 Å². The number of hydrogen-bond donors (Lipinski definition) is 6. The van der Waals surface area contributed by atoms with Crippen molar-refractivity contribution in [3.05, 3.63) is 0 Å². The van der Waals surface area contributed by atoms with Crippen molar-refractivity contribution in [1.29, 1.82) is 0 Å². The molecule has 3 amide bonds. The maximum Gasteiger partial charge on any atom is 0.326 e. The Kier molecular flexibility index (Phi) is 10.7. The molecule has 0 aromatic rings. The molecule has 1 heterocycles. The summed E-state index contributed by atoms with van der Waals surface area (Å²) in [7, 11) is 0. The maximum atomic E-state index is 12.7. The summed E-state index contributed by atoms with van der Waals surface area (Å²) in [5.41, 5.74) is 16.5. The highest BCUT2D eigenvalue weighted by Gasteiger charge is 2.34. The molecule has 1 rings (SSSR count). The number of carbonyl (C=O) groups excluding carboxylic acids is 3. The average molecular weight is 442 g/mol. The summed E-state index contributed by atoms with van der Waals surface area (Å²) in [4.78, 5) is 53.8. The monoisotopic (exact) mass is 441 g/mol. The Morgan fingerprint density at radius 2 is 1.90 bits per heavy atom. The molecule has 1 aliphatic heterocycles. The first kappa shape index (κ1) is 26.1. The minimum atomic E-state index is -1.07. The molecule has 1 fully saturated rings. The normalized spacial score (nSPS) is 18.5. The van der Waals surface area contributed by atoms with Crippen LogP contribution in [-0.2, 0) is 19.2 Å². The van der Waals surface area contributed by atoms with E-state index in [0.29, 0.717) is 32.2 Å². The number of nitrogens with two attached hydrogens (primary N) is 3. The number of rotatable bonds is 12. The van der Waals surface area contributed by atoms with Crippen LogP contribution < -0.4 is 27.8 Å². The van der Waals surface area contributed by atoms with Gasteiger partial charge < -0.3 is 37.8 Å². The van der Waals surface area contributed by atoms with E-state index < -0.39 is 41.8 Å². The molecule has 0 aromatic carbocycles. The largest absolute Gasteiger partial charge is 0.480 e.